The molecule has 8 nitrogen and oxygen atoms in total. The lowest BCUT2D eigenvalue weighted by atomic mass is 9.86. The number of methoxy groups -OCH3 is 3. The summed E-state index contributed by atoms with van der Waals surface area (Å²) in [5.41, 5.74) is 3.28. The van der Waals surface area contributed by atoms with Crippen LogP contribution in [-0.2, 0) is 16.9 Å². The summed E-state index contributed by atoms with van der Waals surface area (Å²) in [7, 11) is 5.07. The number of hydrogen-bond acceptors (Lipinski definition) is 6. The molecule has 1 atom stereocenters. The first-order valence-electron chi connectivity index (χ1n) is 11.6. The summed E-state index contributed by atoms with van der Waals surface area (Å²) in [5.74, 6) is 3.04. The zero-order valence-corrected chi connectivity index (χ0v) is 20.4. The Kier molecular flexibility index (Phi) is 6.13. The van der Waals surface area contributed by atoms with Crippen molar-refractivity contribution < 1.29 is 14.2 Å². The normalized spacial score (nSPS) is 17.5. The third kappa shape index (κ3) is 4.21. The van der Waals surface area contributed by atoms with E-state index in [2.05, 4.69) is 4.98 Å². The number of aryl methyl sites for hydroxylation is 2. The van der Waals surface area contributed by atoms with Crippen LogP contribution in [0.5, 0.6) is 11.5 Å². The Hall–Kier alpha value is -3.91. The number of fused-ring (bicyclic) bond motifs is 1. The van der Waals surface area contributed by atoms with Gasteiger partial charge >= 0.3 is 0 Å². The molecule has 2 aromatic heterocycles. The minimum absolute atomic E-state index is 0.641. The largest absolute Gasteiger partial charge is 0.497 e. The lowest BCUT2D eigenvalue weighted by Crippen LogP contribution is -2.37. The second-order valence-corrected chi connectivity index (χ2v) is 8.57. The van der Waals surface area contributed by atoms with Crippen LogP contribution in [0.25, 0.3) is 17.8 Å². The van der Waals surface area contributed by atoms with E-state index in [9.17, 15) is 0 Å². The fourth-order valence-electron chi connectivity index (χ4n) is 4.65. The fraction of sp³-hybridized carbons (Fsp3) is 0.296. The van der Waals surface area contributed by atoms with Gasteiger partial charge in [-0.05, 0) is 61.2 Å². The Morgan fingerprint density at radius 3 is 2.51 bits per heavy atom. The average molecular weight is 472 g/mol. The van der Waals surface area contributed by atoms with Crippen LogP contribution in [0.2, 0.25) is 0 Å². The highest BCUT2D eigenvalue weighted by atomic mass is 16.5. The molecule has 180 valence electrons. The lowest BCUT2D eigenvalue weighted by molar-refractivity contribution is -0.00953. The molecule has 0 saturated carbocycles. The van der Waals surface area contributed by atoms with Gasteiger partial charge in [0, 0.05) is 19.9 Å². The Balaban J connectivity index is 1.45. The van der Waals surface area contributed by atoms with Gasteiger partial charge in [-0.2, -0.15) is 5.10 Å². The third-order valence-electron chi connectivity index (χ3n) is 6.47. The molecule has 35 heavy (non-hydrogen) atoms. The van der Waals surface area contributed by atoms with Gasteiger partial charge in [0.2, 0.25) is 0 Å². The number of imidazole rings is 1. The van der Waals surface area contributed by atoms with E-state index >= 15 is 0 Å². The Morgan fingerprint density at radius 2 is 1.83 bits per heavy atom. The van der Waals surface area contributed by atoms with E-state index in [1.54, 1.807) is 27.7 Å². The van der Waals surface area contributed by atoms with Crippen LogP contribution < -0.4 is 9.47 Å². The van der Waals surface area contributed by atoms with Crippen LogP contribution in [0.1, 0.15) is 41.3 Å². The van der Waals surface area contributed by atoms with Crippen molar-refractivity contribution in [1.29, 1.82) is 0 Å². The number of hydrogen-bond donors (Lipinski definition) is 0. The summed E-state index contributed by atoms with van der Waals surface area (Å²) in [6, 6.07) is 14.0. The second-order valence-electron chi connectivity index (χ2n) is 8.57. The van der Waals surface area contributed by atoms with Crippen LogP contribution in [0, 0.1) is 6.92 Å². The highest BCUT2D eigenvalue weighted by molar-refractivity contribution is 5.69. The molecule has 0 bridgehead atoms. The second kappa shape index (κ2) is 9.38. The van der Waals surface area contributed by atoms with Crippen molar-refractivity contribution in [3.63, 3.8) is 0 Å². The molecule has 1 unspecified atom stereocenters. The van der Waals surface area contributed by atoms with E-state index in [-0.39, 0.29) is 0 Å². The van der Waals surface area contributed by atoms with Gasteiger partial charge in [0.15, 0.2) is 17.2 Å². The smallest absolute Gasteiger partial charge is 0.174 e. The summed E-state index contributed by atoms with van der Waals surface area (Å²) in [4.78, 5) is 9.19. The molecule has 0 aliphatic carbocycles. The van der Waals surface area contributed by atoms with E-state index in [0.717, 1.165) is 59.2 Å². The highest BCUT2D eigenvalue weighted by Crippen LogP contribution is 2.40. The average Bonchev–Trinajstić information content (AvgIpc) is 3.53. The molecule has 2 aromatic carbocycles. The Morgan fingerprint density at radius 1 is 1.00 bits per heavy atom. The number of nitrogens with zero attached hydrogens (tertiary/aromatic N) is 5. The molecule has 0 radical (unpaired) electrons. The molecular formula is C27H29N5O3. The molecule has 0 saturated heterocycles. The number of aromatic nitrogens is 5. The van der Waals surface area contributed by atoms with Crippen molar-refractivity contribution in [2.24, 2.45) is 0 Å². The molecule has 1 aliphatic heterocycles. The molecule has 0 amide bonds. The standard InChI is InChI=1S/C27H29N5O3/c1-19-17-31(18-28-19)23-12-6-20(16-24(23)34-3)7-13-25-29-26-27(35-4,14-5-15-32(26)30-25)21-8-10-22(33-2)11-9-21/h6-13,16-18H,5,14-15H2,1-4H3. The van der Waals surface area contributed by atoms with Gasteiger partial charge in [-0.1, -0.05) is 24.3 Å². The number of benzene rings is 2. The maximum absolute atomic E-state index is 6.12. The van der Waals surface area contributed by atoms with Crippen molar-refractivity contribution in [2.45, 2.75) is 31.9 Å². The van der Waals surface area contributed by atoms with Gasteiger partial charge in [0.05, 0.1) is 31.9 Å². The first-order valence-corrected chi connectivity index (χ1v) is 11.6. The summed E-state index contributed by atoms with van der Waals surface area (Å²) in [6.07, 6.45) is 9.46. The quantitative estimate of drug-likeness (QED) is 0.391. The van der Waals surface area contributed by atoms with E-state index in [1.807, 2.05) is 77.0 Å². The molecule has 8 heteroatoms. The van der Waals surface area contributed by atoms with Gasteiger partial charge in [0.1, 0.15) is 11.5 Å². The molecule has 0 fully saturated rings. The van der Waals surface area contributed by atoms with Crippen molar-refractivity contribution >= 4 is 12.2 Å². The third-order valence-corrected chi connectivity index (χ3v) is 6.47. The van der Waals surface area contributed by atoms with Crippen molar-refractivity contribution in [2.75, 3.05) is 21.3 Å². The first kappa shape index (κ1) is 22.9. The zero-order valence-electron chi connectivity index (χ0n) is 20.4. The molecule has 3 heterocycles. The highest BCUT2D eigenvalue weighted by Gasteiger charge is 2.41. The van der Waals surface area contributed by atoms with Gasteiger partial charge in [-0.3, -0.25) is 0 Å². The molecule has 1 aliphatic rings. The molecular weight excluding hydrogens is 442 g/mol. The first-order chi connectivity index (χ1) is 17.1. The predicted molar refractivity (Wildman–Crippen MR) is 134 cm³/mol. The van der Waals surface area contributed by atoms with Crippen LogP contribution >= 0.6 is 0 Å². The van der Waals surface area contributed by atoms with E-state index < -0.39 is 5.60 Å². The van der Waals surface area contributed by atoms with E-state index in [0.29, 0.717) is 5.82 Å². The van der Waals surface area contributed by atoms with Crippen molar-refractivity contribution in [3.05, 3.63) is 83.5 Å². The summed E-state index contributed by atoms with van der Waals surface area (Å²) in [5, 5.41) is 4.75. The maximum Gasteiger partial charge on any atom is 0.174 e. The Labute approximate surface area is 204 Å². The van der Waals surface area contributed by atoms with Crippen molar-refractivity contribution in [1.82, 2.24) is 24.3 Å². The molecule has 4 aromatic rings. The van der Waals surface area contributed by atoms with E-state index in [1.165, 1.54) is 0 Å². The fourth-order valence-corrected chi connectivity index (χ4v) is 4.65. The van der Waals surface area contributed by atoms with Crippen LogP contribution in [0.3, 0.4) is 0 Å². The van der Waals surface area contributed by atoms with Crippen LogP contribution in [-0.4, -0.2) is 45.6 Å². The zero-order chi connectivity index (χ0) is 24.4. The summed E-state index contributed by atoms with van der Waals surface area (Å²) >= 11 is 0. The predicted octanol–water partition coefficient (Wildman–Crippen LogP) is 4.64. The van der Waals surface area contributed by atoms with Gasteiger partial charge < -0.3 is 18.8 Å². The SMILES string of the molecule is COc1ccc(C2(OC)CCCn3nc(C=Cc4ccc(-n5cnc(C)c5)c(OC)c4)nc32)cc1. The van der Waals surface area contributed by atoms with E-state index in [4.69, 9.17) is 24.3 Å². The van der Waals surface area contributed by atoms with Crippen LogP contribution in [0.15, 0.2) is 55.0 Å². The molecule has 5 rings (SSSR count). The summed E-state index contributed by atoms with van der Waals surface area (Å²) in [6.45, 7) is 2.77. The maximum atomic E-state index is 6.12. The summed E-state index contributed by atoms with van der Waals surface area (Å²) < 4.78 is 21.0. The monoisotopic (exact) mass is 471 g/mol. The Bertz CT molecular complexity index is 1360. The molecule has 0 spiro atoms. The molecule has 0 N–H and O–H groups in total. The minimum atomic E-state index is -0.641. The number of rotatable bonds is 7. The van der Waals surface area contributed by atoms with Gasteiger partial charge in [-0.25, -0.2) is 14.6 Å². The van der Waals surface area contributed by atoms with Crippen molar-refractivity contribution in [3.8, 4) is 17.2 Å². The number of ether oxygens (including phenoxy) is 3. The van der Waals surface area contributed by atoms with Gasteiger partial charge in [-0.15, -0.1) is 0 Å². The minimum Gasteiger partial charge on any atom is -0.497 e. The lowest BCUT2D eigenvalue weighted by Gasteiger charge is -2.35. The van der Waals surface area contributed by atoms with Crippen LogP contribution in [0.4, 0.5) is 0 Å². The topological polar surface area (TPSA) is 76.2 Å². The van der Waals surface area contributed by atoms with Gasteiger partial charge in [0.25, 0.3) is 0 Å².